The van der Waals surface area contributed by atoms with Crippen LogP contribution < -0.4 is 15.4 Å². The van der Waals surface area contributed by atoms with E-state index in [4.69, 9.17) is 4.74 Å². The number of benzene rings is 1. The van der Waals surface area contributed by atoms with Gasteiger partial charge in [-0.25, -0.2) is 4.39 Å². The SMILES string of the molecule is O=C(COc1cccc(F)c1)NC(C1CCNCC1)C1CC(O)C1. The summed E-state index contributed by atoms with van der Waals surface area (Å²) < 4.78 is 18.5. The zero-order valence-electron chi connectivity index (χ0n) is 13.7. The summed E-state index contributed by atoms with van der Waals surface area (Å²) in [6.45, 7) is 1.80. The minimum absolute atomic E-state index is 0.0825. The molecule has 1 aromatic rings. The van der Waals surface area contributed by atoms with E-state index in [0.717, 1.165) is 38.8 Å². The Bertz CT molecular complexity index is 557. The highest BCUT2D eigenvalue weighted by molar-refractivity contribution is 5.78. The molecular formula is C18H25FN2O3. The van der Waals surface area contributed by atoms with E-state index < -0.39 is 0 Å². The van der Waals surface area contributed by atoms with Gasteiger partial charge in [-0.3, -0.25) is 4.79 Å². The lowest BCUT2D eigenvalue weighted by Crippen LogP contribution is -2.53. The number of carbonyl (C=O) groups excluding carboxylic acids is 1. The fourth-order valence-electron chi connectivity index (χ4n) is 3.68. The molecule has 5 nitrogen and oxygen atoms in total. The second-order valence-electron chi connectivity index (χ2n) is 6.81. The van der Waals surface area contributed by atoms with Crippen LogP contribution in [0.5, 0.6) is 5.75 Å². The topological polar surface area (TPSA) is 70.6 Å². The van der Waals surface area contributed by atoms with Crippen molar-refractivity contribution in [3.8, 4) is 5.75 Å². The van der Waals surface area contributed by atoms with Gasteiger partial charge in [-0.1, -0.05) is 6.07 Å². The third-order valence-corrected chi connectivity index (χ3v) is 5.04. The Morgan fingerprint density at radius 1 is 1.33 bits per heavy atom. The van der Waals surface area contributed by atoms with Crippen molar-refractivity contribution < 1.29 is 19.0 Å². The highest BCUT2D eigenvalue weighted by atomic mass is 19.1. The number of rotatable bonds is 6. The molecule has 1 unspecified atom stereocenters. The van der Waals surface area contributed by atoms with E-state index in [-0.39, 0.29) is 30.5 Å². The fraction of sp³-hybridized carbons (Fsp3) is 0.611. The molecule has 2 fully saturated rings. The summed E-state index contributed by atoms with van der Waals surface area (Å²) >= 11 is 0. The van der Waals surface area contributed by atoms with Gasteiger partial charge in [0, 0.05) is 12.1 Å². The highest BCUT2D eigenvalue weighted by Gasteiger charge is 2.39. The molecular weight excluding hydrogens is 311 g/mol. The van der Waals surface area contributed by atoms with Crippen molar-refractivity contribution in [1.82, 2.24) is 10.6 Å². The lowest BCUT2D eigenvalue weighted by molar-refractivity contribution is -0.125. The maximum Gasteiger partial charge on any atom is 0.258 e. The normalized spacial score (nSPS) is 25.6. The average Bonchev–Trinajstić information content (AvgIpc) is 2.56. The number of ether oxygens (including phenoxy) is 1. The van der Waals surface area contributed by atoms with Crippen LogP contribution in [0.4, 0.5) is 4.39 Å². The minimum atomic E-state index is -0.385. The molecule has 0 bridgehead atoms. The maximum atomic E-state index is 13.1. The molecule has 1 atom stereocenters. The number of piperidine rings is 1. The monoisotopic (exact) mass is 336 g/mol. The Morgan fingerprint density at radius 2 is 2.08 bits per heavy atom. The molecule has 1 aromatic carbocycles. The van der Waals surface area contributed by atoms with Gasteiger partial charge in [0.15, 0.2) is 6.61 Å². The molecule has 2 aliphatic rings. The van der Waals surface area contributed by atoms with E-state index in [1.807, 2.05) is 0 Å². The molecule has 3 rings (SSSR count). The highest BCUT2D eigenvalue weighted by Crippen LogP contribution is 2.35. The Kier molecular flexibility index (Phi) is 5.68. The van der Waals surface area contributed by atoms with E-state index in [2.05, 4.69) is 10.6 Å². The van der Waals surface area contributed by atoms with E-state index in [1.165, 1.54) is 12.1 Å². The number of hydrogen-bond donors (Lipinski definition) is 3. The zero-order chi connectivity index (χ0) is 16.9. The van der Waals surface area contributed by atoms with Gasteiger partial charge in [-0.05, 0) is 62.7 Å². The lowest BCUT2D eigenvalue weighted by atomic mass is 9.71. The molecule has 1 heterocycles. The van der Waals surface area contributed by atoms with Gasteiger partial charge in [0.2, 0.25) is 0 Å². The Morgan fingerprint density at radius 3 is 2.75 bits per heavy atom. The molecule has 132 valence electrons. The van der Waals surface area contributed by atoms with E-state index in [0.29, 0.717) is 17.6 Å². The second kappa shape index (κ2) is 7.94. The second-order valence-corrected chi connectivity index (χ2v) is 6.81. The summed E-state index contributed by atoms with van der Waals surface area (Å²) in [5.41, 5.74) is 0. The zero-order valence-corrected chi connectivity index (χ0v) is 13.7. The molecule has 0 aromatic heterocycles. The Labute approximate surface area is 141 Å². The van der Waals surface area contributed by atoms with Crippen molar-refractivity contribution in [2.24, 2.45) is 11.8 Å². The van der Waals surface area contributed by atoms with Crippen molar-refractivity contribution in [1.29, 1.82) is 0 Å². The van der Waals surface area contributed by atoms with E-state index in [9.17, 15) is 14.3 Å². The molecule has 0 spiro atoms. The summed E-state index contributed by atoms with van der Waals surface area (Å²) in [6.07, 6.45) is 3.32. The Balaban J connectivity index is 1.54. The predicted octanol–water partition coefficient (Wildman–Crippen LogP) is 1.46. The molecule has 1 saturated carbocycles. The first-order valence-electron chi connectivity index (χ1n) is 8.68. The molecule has 1 saturated heterocycles. The van der Waals surface area contributed by atoms with Gasteiger partial charge in [-0.2, -0.15) is 0 Å². The third kappa shape index (κ3) is 4.45. The fourth-order valence-corrected chi connectivity index (χ4v) is 3.68. The van der Waals surface area contributed by atoms with Gasteiger partial charge in [0.1, 0.15) is 11.6 Å². The molecule has 1 aliphatic carbocycles. The number of carbonyl (C=O) groups is 1. The number of aliphatic hydroxyl groups excluding tert-OH is 1. The van der Waals surface area contributed by atoms with Gasteiger partial charge in [-0.15, -0.1) is 0 Å². The molecule has 0 radical (unpaired) electrons. The maximum absolute atomic E-state index is 13.1. The van der Waals surface area contributed by atoms with Gasteiger partial charge < -0.3 is 20.5 Å². The number of nitrogens with one attached hydrogen (secondary N) is 2. The Hall–Kier alpha value is -1.66. The van der Waals surface area contributed by atoms with Crippen LogP contribution >= 0.6 is 0 Å². The number of halogens is 1. The average molecular weight is 336 g/mol. The van der Waals surface area contributed by atoms with Crippen LogP contribution in [0, 0.1) is 17.7 Å². The van der Waals surface area contributed by atoms with Crippen molar-refractivity contribution in [3.63, 3.8) is 0 Å². The van der Waals surface area contributed by atoms with Crippen LogP contribution in [0.3, 0.4) is 0 Å². The quantitative estimate of drug-likeness (QED) is 0.736. The van der Waals surface area contributed by atoms with Gasteiger partial charge in [0.25, 0.3) is 5.91 Å². The largest absolute Gasteiger partial charge is 0.484 e. The van der Waals surface area contributed by atoms with E-state index in [1.54, 1.807) is 12.1 Å². The first kappa shape index (κ1) is 17.2. The van der Waals surface area contributed by atoms with E-state index >= 15 is 0 Å². The third-order valence-electron chi connectivity index (χ3n) is 5.04. The lowest BCUT2D eigenvalue weighted by Gasteiger charge is -2.43. The first-order valence-corrected chi connectivity index (χ1v) is 8.68. The molecule has 24 heavy (non-hydrogen) atoms. The van der Waals surface area contributed by atoms with Gasteiger partial charge in [0.05, 0.1) is 6.10 Å². The van der Waals surface area contributed by atoms with Gasteiger partial charge >= 0.3 is 0 Å². The summed E-state index contributed by atoms with van der Waals surface area (Å²) in [5, 5.41) is 16.0. The minimum Gasteiger partial charge on any atom is -0.484 e. The van der Waals surface area contributed by atoms with Crippen LogP contribution in [-0.2, 0) is 4.79 Å². The van der Waals surface area contributed by atoms with Crippen LogP contribution in [0.15, 0.2) is 24.3 Å². The number of hydrogen-bond acceptors (Lipinski definition) is 4. The number of aliphatic hydroxyl groups is 1. The van der Waals surface area contributed by atoms with Crippen molar-refractivity contribution in [3.05, 3.63) is 30.1 Å². The standard InChI is InChI=1S/C18H25FN2O3/c19-14-2-1-3-16(10-14)24-11-17(23)21-18(13-8-15(22)9-13)12-4-6-20-7-5-12/h1-3,10,12-13,15,18,20,22H,4-9,11H2,(H,21,23). The van der Waals surface area contributed by atoms with Crippen molar-refractivity contribution in [2.75, 3.05) is 19.7 Å². The summed E-state index contributed by atoms with van der Waals surface area (Å²) in [7, 11) is 0. The number of amides is 1. The summed E-state index contributed by atoms with van der Waals surface area (Å²) in [4.78, 5) is 12.3. The van der Waals surface area contributed by atoms with Crippen LogP contribution in [0.25, 0.3) is 0 Å². The molecule has 6 heteroatoms. The first-order chi connectivity index (χ1) is 11.6. The van der Waals surface area contributed by atoms with Crippen molar-refractivity contribution >= 4 is 5.91 Å². The van der Waals surface area contributed by atoms with Crippen LogP contribution in [0.1, 0.15) is 25.7 Å². The summed E-state index contributed by atoms with van der Waals surface area (Å²) in [5.74, 6) is 0.541. The molecule has 1 amide bonds. The van der Waals surface area contributed by atoms with Crippen molar-refractivity contribution in [2.45, 2.75) is 37.8 Å². The van der Waals surface area contributed by atoms with Crippen LogP contribution in [0.2, 0.25) is 0 Å². The summed E-state index contributed by atoms with van der Waals surface area (Å²) in [6, 6.07) is 5.86. The molecule has 1 aliphatic heterocycles. The predicted molar refractivity (Wildman–Crippen MR) is 88.2 cm³/mol. The van der Waals surface area contributed by atoms with Crippen LogP contribution in [-0.4, -0.2) is 42.9 Å². The molecule has 3 N–H and O–H groups in total. The smallest absolute Gasteiger partial charge is 0.258 e.